The third-order valence-corrected chi connectivity index (χ3v) is 3.20. The molecule has 0 saturated heterocycles. The van der Waals surface area contributed by atoms with Crippen molar-refractivity contribution in [1.82, 2.24) is 0 Å². The fourth-order valence-corrected chi connectivity index (χ4v) is 2.25. The maximum absolute atomic E-state index is 6.03. The van der Waals surface area contributed by atoms with Crippen LogP contribution in [-0.4, -0.2) is 13.4 Å². The first-order valence-electron chi connectivity index (χ1n) is 4.02. The number of rotatable bonds is 1. The van der Waals surface area contributed by atoms with E-state index in [1.807, 2.05) is 12.1 Å². The smallest absolute Gasteiger partial charge is 0.152 e. The van der Waals surface area contributed by atoms with Crippen LogP contribution in [0, 0.1) is 3.57 Å². The number of methoxy groups -OCH3 is 1. The molecule has 5 heteroatoms. The number of benzene rings is 1. The number of hydrogen-bond donors (Lipinski definition) is 1. The van der Waals surface area contributed by atoms with E-state index in [0.717, 1.165) is 20.6 Å². The third kappa shape index (κ3) is 1.68. The van der Waals surface area contributed by atoms with Crippen LogP contribution in [0.2, 0.25) is 0 Å². The van der Waals surface area contributed by atoms with Gasteiger partial charge in [-0.15, -0.1) is 0 Å². The first-order valence-corrected chi connectivity index (χ1v) is 5.53. The molecule has 1 aliphatic rings. The van der Waals surface area contributed by atoms with E-state index in [9.17, 15) is 0 Å². The van der Waals surface area contributed by atoms with Crippen LogP contribution in [0.25, 0.3) is 0 Å². The number of fused-ring (bicyclic) bond motifs is 1. The van der Waals surface area contributed by atoms with Crippen molar-refractivity contribution >= 4 is 46.2 Å². The Balaban J connectivity index is 2.52. The van der Waals surface area contributed by atoms with Gasteiger partial charge in [0.1, 0.15) is 5.75 Å². The van der Waals surface area contributed by atoms with Crippen LogP contribution in [-0.2, 0) is 0 Å². The molecule has 14 heavy (non-hydrogen) atoms. The Labute approximate surface area is 101 Å². The summed E-state index contributed by atoms with van der Waals surface area (Å²) in [7, 11) is 1.65. The van der Waals surface area contributed by atoms with Crippen molar-refractivity contribution in [3.05, 3.63) is 21.3 Å². The topological polar surface area (TPSA) is 33.6 Å². The van der Waals surface area contributed by atoms with Gasteiger partial charge in [-0.25, -0.2) is 0 Å². The van der Waals surface area contributed by atoms with Gasteiger partial charge in [-0.05, 0) is 28.7 Å². The van der Waals surface area contributed by atoms with Gasteiger partial charge in [-0.2, -0.15) is 0 Å². The van der Waals surface area contributed by atoms with Gasteiger partial charge in [0.05, 0.1) is 17.0 Å². The second-order valence-corrected chi connectivity index (χ2v) is 4.41. The van der Waals surface area contributed by atoms with Crippen LogP contribution in [0.1, 0.15) is 11.1 Å². The fraction of sp³-hybridized carbons (Fsp3) is 0.222. The molecule has 1 atom stereocenters. The molecule has 0 radical (unpaired) electrons. The lowest BCUT2D eigenvalue weighted by Crippen LogP contribution is -2.07. The Morgan fingerprint density at radius 2 is 2.36 bits per heavy atom. The van der Waals surface area contributed by atoms with Crippen LogP contribution in [0.15, 0.2) is 17.1 Å². The zero-order valence-electron chi connectivity index (χ0n) is 7.42. The van der Waals surface area contributed by atoms with Gasteiger partial charge in [0.2, 0.25) is 0 Å². The highest BCUT2D eigenvalue weighted by Crippen LogP contribution is 2.36. The van der Waals surface area contributed by atoms with Crippen molar-refractivity contribution in [2.75, 3.05) is 12.4 Å². The minimum atomic E-state index is -0.300. The van der Waals surface area contributed by atoms with Gasteiger partial charge in [-0.1, -0.05) is 11.6 Å². The first-order chi connectivity index (χ1) is 6.72. The molecule has 0 amide bonds. The zero-order valence-corrected chi connectivity index (χ0v) is 10.3. The van der Waals surface area contributed by atoms with E-state index in [1.54, 1.807) is 13.4 Å². The molecule has 74 valence electrons. The predicted octanol–water partition coefficient (Wildman–Crippen LogP) is 2.99. The van der Waals surface area contributed by atoms with E-state index < -0.39 is 0 Å². The number of nitrogens with zero attached hydrogens (tertiary/aromatic N) is 1. The molecule has 2 rings (SSSR count). The second-order valence-electron chi connectivity index (χ2n) is 2.83. The molecule has 1 heterocycles. The third-order valence-electron chi connectivity index (χ3n) is 2.01. The van der Waals surface area contributed by atoms with Crippen molar-refractivity contribution in [3.63, 3.8) is 0 Å². The number of hydrogen-bond acceptors (Lipinski definition) is 3. The number of aliphatic imine (C=N–C) groups is 1. The molecule has 0 aliphatic carbocycles. The molecular formula is C9H8ClIN2O. The Kier molecular flexibility index (Phi) is 2.83. The highest BCUT2D eigenvalue weighted by molar-refractivity contribution is 14.1. The van der Waals surface area contributed by atoms with Gasteiger partial charge in [0.25, 0.3) is 0 Å². The highest BCUT2D eigenvalue weighted by Gasteiger charge is 2.17. The summed E-state index contributed by atoms with van der Waals surface area (Å²) in [4.78, 5) is 4.05. The van der Waals surface area contributed by atoms with E-state index in [1.165, 1.54) is 0 Å². The summed E-state index contributed by atoms with van der Waals surface area (Å²) in [6, 6.07) is 3.91. The lowest BCUT2D eigenvalue weighted by atomic mass is 10.1. The summed E-state index contributed by atoms with van der Waals surface area (Å²) < 4.78 is 6.25. The molecule has 1 aromatic carbocycles. The standard InChI is InChI=1S/C9H8ClIN2O/c1-14-8-3-7-5(2-6(8)11)9(10)13-4-12-7/h2-4,9H,1H3,(H,12,13). The Bertz CT molecular complexity index is 395. The summed E-state index contributed by atoms with van der Waals surface area (Å²) in [5.41, 5.74) is 1.64. The summed E-state index contributed by atoms with van der Waals surface area (Å²) >= 11 is 8.25. The molecule has 0 bridgehead atoms. The predicted molar refractivity (Wildman–Crippen MR) is 66.4 cm³/mol. The van der Waals surface area contributed by atoms with Gasteiger partial charge in [-0.3, -0.25) is 4.99 Å². The number of nitrogens with one attached hydrogen (secondary N) is 1. The maximum atomic E-state index is 6.03. The Hall–Kier alpha value is -0.490. The molecule has 0 spiro atoms. The van der Waals surface area contributed by atoms with Crippen molar-refractivity contribution < 1.29 is 4.74 Å². The number of halogens is 2. The van der Waals surface area contributed by atoms with Crippen LogP contribution in [0.4, 0.5) is 5.69 Å². The highest BCUT2D eigenvalue weighted by atomic mass is 127. The largest absolute Gasteiger partial charge is 0.496 e. The number of anilines is 1. The molecule has 1 aromatic rings. The molecule has 0 aromatic heterocycles. The van der Waals surface area contributed by atoms with Gasteiger partial charge < -0.3 is 10.1 Å². The van der Waals surface area contributed by atoms with E-state index in [-0.39, 0.29) is 5.50 Å². The van der Waals surface area contributed by atoms with Crippen LogP contribution in [0.5, 0.6) is 5.75 Å². The van der Waals surface area contributed by atoms with Crippen molar-refractivity contribution in [2.24, 2.45) is 4.99 Å². The molecule has 1 unspecified atom stereocenters. The number of alkyl halides is 1. The maximum Gasteiger partial charge on any atom is 0.152 e. The number of ether oxygens (including phenoxy) is 1. The van der Waals surface area contributed by atoms with Crippen LogP contribution >= 0.6 is 34.2 Å². The summed E-state index contributed by atoms with van der Waals surface area (Å²) in [6.07, 6.45) is 1.60. The van der Waals surface area contributed by atoms with E-state index >= 15 is 0 Å². The lowest BCUT2D eigenvalue weighted by Gasteiger charge is -2.18. The SMILES string of the molecule is COc1cc2c(cc1I)C(Cl)N=CN2. The van der Waals surface area contributed by atoms with Crippen molar-refractivity contribution in [3.8, 4) is 5.75 Å². The Morgan fingerprint density at radius 3 is 3.07 bits per heavy atom. The molecular weight excluding hydrogens is 314 g/mol. The molecule has 1 N–H and O–H groups in total. The fourth-order valence-electron chi connectivity index (χ4n) is 1.30. The quantitative estimate of drug-likeness (QED) is 0.490. The minimum Gasteiger partial charge on any atom is -0.496 e. The first kappa shape index (κ1) is 10.0. The summed E-state index contributed by atoms with van der Waals surface area (Å²) in [6.45, 7) is 0. The average molecular weight is 323 g/mol. The van der Waals surface area contributed by atoms with Crippen molar-refractivity contribution in [1.29, 1.82) is 0 Å². The van der Waals surface area contributed by atoms with E-state index in [0.29, 0.717) is 0 Å². The van der Waals surface area contributed by atoms with E-state index in [4.69, 9.17) is 16.3 Å². The van der Waals surface area contributed by atoms with Gasteiger partial charge in [0, 0.05) is 17.3 Å². The normalized spacial score (nSPS) is 18.6. The monoisotopic (exact) mass is 322 g/mol. The molecule has 3 nitrogen and oxygen atoms in total. The minimum absolute atomic E-state index is 0.300. The second kappa shape index (κ2) is 3.94. The van der Waals surface area contributed by atoms with Gasteiger partial charge in [0.15, 0.2) is 5.50 Å². The summed E-state index contributed by atoms with van der Waals surface area (Å²) in [5, 5.41) is 3.04. The molecule has 1 aliphatic heterocycles. The average Bonchev–Trinajstić information content (AvgIpc) is 2.19. The van der Waals surface area contributed by atoms with E-state index in [2.05, 4.69) is 32.9 Å². The molecule has 0 saturated carbocycles. The molecule has 0 fully saturated rings. The van der Waals surface area contributed by atoms with Gasteiger partial charge >= 0.3 is 0 Å². The van der Waals surface area contributed by atoms with Crippen LogP contribution < -0.4 is 10.1 Å². The Morgan fingerprint density at radius 1 is 1.57 bits per heavy atom. The van der Waals surface area contributed by atoms with Crippen LogP contribution in [0.3, 0.4) is 0 Å². The zero-order chi connectivity index (χ0) is 10.1. The summed E-state index contributed by atoms with van der Waals surface area (Å²) in [5.74, 6) is 0.844. The lowest BCUT2D eigenvalue weighted by molar-refractivity contribution is 0.412. The van der Waals surface area contributed by atoms with Crippen molar-refractivity contribution in [2.45, 2.75) is 5.50 Å².